The van der Waals surface area contributed by atoms with Crippen LogP contribution in [0, 0.1) is 0 Å². The predicted molar refractivity (Wildman–Crippen MR) is 118 cm³/mol. The fourth-order valence-corrected chi connectivity index (χ4v) is 4.25. The molecule has 0 radical (unpaired) electrons. The van der Waals surface area contributed by atoms with Gasteiger partial charge in [0.25, 0.3) is 5.91 Å². The molecule has 3 heterocycles. The van der Waals surface area contributed by atoms with E-state index in [0.717, 1.165) is 37.2 Å². The molecule has 3 aromatic rings. The Morgan fingerprint density at radius 1 is 1.21 bits per heavy atom. The summed E-state index contributed by atoms with van der Waals surface area (Å²) in [5.74, 6) is -0.365. The number of rotatable bonds is 4. The van der Waals surface area contributed by atoms with Crippen LogP contribution in [0.5, 0.6) is 0 Å². The SMILES string of the molecule is Nc1ccc(-c2nc(C(=O)Nc3cnccc3N3CCC[C@H](N)C3)c(N)s2)cc1. The lowest BCUT2D eigenvalue weighted by atomic mass is 10.1. The van der Waals surface area contributed by atoms with Gasteiger partial charge in [-0.3, -0.25) is 9.78 Å². The van der Waals surface area contributed by atoms with Gasteiger partial charge in [0.15, 0.2) is 5.69 Å². The van der Waals surface area contributed by atoms with E-state index in [9.17, 15) is 4.79 Å². The summed E-state index contributed by atoms with van der Waals surface area (Å²) in [5.41, 5.74) is 21.2. The minimum Gasteiger partial charge on any atom is -0.399 e. The van der Waals surface area contributed by atoms with Gasteiger partial charge in [-0.05, 0) is 43.2 Å². The number of benzene rings is 1. The van der Waals surface area contributed by atoms with E-state index in [4.69, 9.17) is 17.2 Å². The number of amides is 1. The zero-order chi connectivity index (χ0) is 20.4. The summed E-state index contributed by atoms with van der Waals surface area (Å²) in [6.45, 7) is 1.63. The molecule has 1 saturated heterocycles. The number of aromatic nitrogens is 2. The predicted octanol–water partition coefficient (Wildman–Crippen LogP) is 2.55. The van der Waals surface area contributed by atoms with Crippen molar-refractivity contribution < 1.29 is 4.79 Å². The molecule has 0 unspecified atom stereocenters. The van der Waals surface area contributed by atoms with Gasteiger partial charge in [-0.15, -0.1) is 0 Å². The number of anilines is 4. The number of nitrogens with zero attached hydrogens (tertiary/aromatic N) is 3. The molecule has 1 amide bonds. The lowest BCUT2D eigenvalue weighted by Crippen LogP contribution is -2.43. The summed E-state index contributed by atoms with van der Waals surface area (Å²) in [5, 5.41) is 3.94. The summed E-state index contributed by atoms with van der Waals surface area (Å²) in [4.78, 5) is 23.7. The van der Waals surface area contributed by atoms with E-state index in [1.165, 1.54) is 11.3 Å². The van der Waals surface area contributed by atoms with Crippen LogP contribution in [0.4, 0.5) is 22.1 Å². The Labute approximate surface area is 172 Å². The molecule has 150 valence electrons. The molecular formula is C20H23N7OS. The standard InChI is InChI=1S/C20H23N7OS/c21-13-5-3-12(4-6-13)20-26-17(18(23)29-20)19(28)25-15-10-24-8-7-16(15)27-9-1-2-14(22)11-27/h3-8,10,14H,1-2,9,11,21-23H2,(H,25,28)/t14-/m0/s1. The van der Waals surface area contributed by atoms with E-state index in [2.05, 4.69) is 20.2 Å². The molecule has 29 heavy (non-hydrogen) atoms. The number of carbonyl (C=O) groups is 1. The average molecular weight is 410 g/mol. The highest BCUT2D eigenvalue weighted by Crippen LogP contribution is 2.32. The first-order valence-electron chi connectivity index (χ1n) is 9.39. The zero-order valence-corrected chi connectivity index (χ0v) is 16.7. The van der Waals surface area contributed by atoms with Crippen molar-refractivity contribution in [1.82, 2.24) is 9.97 Å². The maximum Gasteiger partial charge on any atom is 0.277 e. The molecule has 1 aliphatic heterocycles. The Morgan fingerprint density at radius 3 is 2.76 bits per heavy atom. The summed E-state index contributed by atoms with van der Waals surface area (Å²) in [6.07, 6.45) is 5.37. The summed E-state index contributed by atoms with van der Waals surface area (Å²) >= 11 is 1.27. The number of carbonyl (C=O) groups excluding carboxylic acids is 1. The summed E-state index contributed by atoms with van der Waals surface area (Å²) in [7, 11) is 0. The molecule has 4 rings (SSSR count). The van der Waals surface area contributed by atoms with Crippen LogP contribution >= 0.6 is 11.3 Å². The summed E-state index contributed by atoms with van der Waals surface area (Å²) in [6, 6.07) is 9.30. The van der Waals surface area contributed by atoms with Crippen molar-refractivity contribution in [3.8, 4) is 10.6 Å². The van der Waals surface area contributed by atoms with Gasteiger partial charge in [-0.1, -0.05) is 11.3 Å². The monoisotopic (exact) mass is 409 g/mol. The van der Waals surface area contributed by atoms with Crippen LogP contribution in [0.2, 0.25) is 0 Å². The lowest BCUT2D eigenvalue weighted by molar-refractivity contribution is 0.102. The summed E-state index contributed by atoms with van der Waals surface area (Å²) < 4.78 is 0. The van der Waals surface area contributed by atoms with Crippen molar-refractivity contribution >= 4 is 39.3 Å². The van der Waals surface area contributed by atoms with E-state index in [1.807, 2.05) is 18.2 Å². The third kappa shape index (κ3) is 4.15. The minimum atomic E-state index is -0.365. The molecule has 7 N–H and O–H groups in total. The van der Waals surface area contributed by atoms with Crippen LogP contribution in [0.25, 0.3) is 10.6 Å². The largest absolute Gasteiger partial charge is 0.399 e. The smallest absolute Gasteiger partial charge is 0.277 e. The van der Waals surface area contributed by atoms with E-state index >= 15 is 0 Å². The van der Waals surface area contributed by atoms with E-state index in [0.29, 0.717) is 21.4 Å². The fourth-order valence-electron chi connectivity index (χ4n) is 3.41. The number of nitrogen functional groups attached to an aromatic ring is 2. The van der Waals surface area contributed by atoms with Gasteiger partial charge in [0.1, 0.15) is 10.0 Å². The Balaban J connectivity index is 1.57. The first-order valence-corrected chi connectivity index (χ1v) is 10.2. The number of pyridine rings is 1. The number of nitrogens with two attached hydrogens (primary N) is 3. The second kappa shape index (κ2) is 8.06. The highest BCUT2D eigenvalue weighted by Gasteiger charge is 2.22. The van der Waals surface area contributed by atoms with Gasteiger partial charge >= 0.3 is 0 Å². The normalized spacial score (nSPS) is 16.6. The molecule has 1 fully saturated rings. The van der Waals surface area contributed by atoms with E-state index in [1.54, 1.807) is 24.5 Å². The van der Waals surface area contributed by atoms with Crippen LogP contribution in [-0.2, 0) is 0 Å². The van der Waals surface area contributed by atoms with Crippen LogP contribution in [-0.4, -0.2) is 35.0 Å². The maximum absolute atomic E-state index is 12.9. The molecule has 0 saturated carbocycles. The Bertz CT molecular complexity index is 1020. The topological polar surface area (TPSA) is 136 Å². The molecule has 1 atom stereocenters. The van der Waals surface area contributed by atoms with Crippen molar-refractivity contribution in [2.75, 3.05) is 34.8 Å². The fraction of sp³-hybridized carbons (Fsp3) is 0.250. The quantitative estimate of drug-likeness (QED) is 0.486. The molecular weight excluding hydrogens is 386 g/mol. The van der Waals surface area contributed by atoms with E-state index < -0.39 is 0 Å². The maximum atomic E-state index is 12.9. The Hall–Kier alpha value is -3.17. The second-order valence-corrected chi connectivity index (χ2v) is 8.08. The Morgan fingerprint density at radius 2 is 2.00 bits per heavy atom. The molecule has 1 aliphatic rings. The van der Waals surface area contributed by atoms with Crippen molar-refractivity contribution in [2.45, 2.75) is 18.9 Å². The second-order valence-electron chi connectivity index (χ2n) is 7.05. The molecule has 0 spiro atoms. The third-order valence-corrected chi connectivity index (χ3v) is 5.80. The highest BCUT2D eigenvalue weighted by atomic mass is 32.1. The number of hydrogen-bond donors (Lipinski definition) is 4. The molecule has 0 bridgehead atoms. The van der Waals surface area contributed by atoms with Gasteiger partial charge in [0, 0.05) is 36.6 Å². The van der Waals surface area contributed by atoms with Crippen molar-refractivity contribution in [3.05, 3.63) is 48.4 Å². The number of thiazole rings is 1. The van der Waals surface area contributed by atoms with Gasteiger partial charge in [0.2, 0.25) is 0 Å². The number of hydrogen-bond acceptors (Lipinski definition) is 8. The zero-order valence-electron chi connectivity index (χ0n) is 15.8. The van der Waals surface area contributed by atoms with Crippen LogP contribution < -0.4 is 27.4 Å². The van der Waals surface area contributed by atoms with E-state index in [-0.39, 0.29) is 17.6 Å². The first kappa shape index (κ1) is 19.2. The third-order valence-electron chi connectivity index (χ3n) is 4.87. The molecule has 0 aliphatic carbocycles. The van der Waals surface area contributed by atoms with Crippen molar-refractivity contribution in [1.29, 1.82) is 0 Å². The van der Waals surface area contributed by atoms with Gasteiger partial charge in [-0.25, -0.2) is 4.98 Å². The molecule has 8 nitrogen and oxygen atoms in total. The lowest BCUT2D eigenvalue weighted by Gasteiger charge is -2.33. The van der Waals surface area contributed by atoms with Crippen LogP contribution in [0.15, 0.2) is 42.7 Å². The number of piperidine rings is 1. The van der Waals surface area contributed by atoms with Crippen LogP contribution in [0.1, 0.15) is 23.3 Å². The first-order chi connectivity index (χ1) is 14.0. The van der Waals surface area contributed by atoms with Crippen LogP contribution in [0.3, 0.4) is 0 Å². The molecule has 9 heteroatoms. The van der Waals surface area contributed by atoms with Crippen molar-refractivity contribution in [3.63, 3.8) is 0 Å². The average Bonchev–Trinajstić information content (AvgIpc) is 3.11. The van der Waals surface area contributed by atoms with Gasteiger partial charge < -0.3 is 27.4 Å². The number of nitrogens with one attached hydrogen (secondary N) is 1. The van der Waals surface area contributed by atoms with Gasteiger partial charge in [0.05, 0.1) is 17.6 Å². The van der Waals surface area contributed by atoms with Gasteiger partial charge in [-0.2, -0.15) is 0 Å². The molecule has 1 aromatic carbocycles. The molecule has 2 aromatic heterocycles. The minimum absolute atomic E-state index is 0.122. The Kier molecular flexibility index (Phi) is 5.32. The highest BCUT2D eigenvalue weighted by molar-refractivity contribution is 7.19. The van der Waals surface area contributed by atoms with Crippen molar-refractivity contribution in [2.24, 2.45) is 5.73 Å².